The minimum absolute atomic E-state index is 0.604. The van der Waals surface area contributed by atoms with Crippen LogP contribution < -0.4 is 15.8 Å². The third-order valence-corrected chi connectivity index (χ3v) is 2.36. The van der Waals surface area contributed by atoms with Gasteiger partial charge in [-0.25, -0.2) is 0 Å². The zero-order valence-electron chi connectivity index (χ0n) is 11.1. The lowest BCUT2D eigenvalue weighted by Crippen LogP contribution is -2.13. The summed E-state index contributed by atoms with van der Waals surface area (Å²) < 4.78 is 15.7. The highest BCUT2D eigenvalue weighted by Gasteiger charge is 2.04. The molecule has 0 bridgehead atoms. The maximum absolute atomic E-state index is 5.98. The fraction of sp³-hybridized carbons (Fsp3) is 0.538. The predicted octanol–water partition coefficient (Wildman–Crippen LogP) is 1.74. The number of nitrogen functional groups attached to an aromatic ring is 1. The van der Waals surface area contributed by atoms with E-state index in [0.29, 0.717) is 44.4 Å². The van der Waals surface area contributed by atoms with Gasteiger partial charge in [0.05, 0.1) is 37.8 Å². The van der Waals surface area contributed by atoms with E-state index in [-0.39, 0.29) is 0 Å². The standard InChI is InChI=1S/C13H22N2O3/c1-3-18-12-6-4-5-11(13(12)14)15-7-8-17-10-9-16-2/h4-6,15H,3,7-10,14H2,1-2H3. The molecule has 0 saturated heterocycles. The van der Waals surface area contributed by atoms with E-state index in [0.717, 1.165) is 5.69 Å². The van der Waals surface area contributed by atoms with Crippen LogP contribution in [0, 0.1) is 0 Å². The Morgan fingerprint density at radius 1 is 1.22 bits per heavy atom. The number of para-hydroxylation sites is 1. The fourth-order valence-corrected chi connectivity index (χ4v) is 1.48. The Labute approximate surface area is 108 Å². The van der Waals surface area contributed by atoms with Gasteiger partial charge >= 0.3 is 0 Å². The van der Waals surface area contributed by atoms with Crippen molar-refractivity contribution < 1.29 is 14.2 Å². The van der Waals surface area contributed by atoms with Crippen LogP contribution in [-0.2, 0) is 9.47 Å². The van der Waals surface area contributed by atoms with Crippen molar-refractivity contribution >= 4 is 11.4 Å². The van der Waals surface area contributed by atoms with Gasteiger partial charge in [-0.05, 0) is 19.1 Å². The third-order valence-electron chi connectivity index (χ3n) is 2.36. The molecule has 0 spiro atoms. The summed E-state index contributed by atoms with van der Waals surface area (Å²) in [4.78, 5) is 0. The summed E-state index contributed by atoms with van der Waals surface area (Å²) in [6.07, 6.45) is 0. The quantitative estimate of drug-likeness (QED) is 0.519. The minimum atomic E-state index is 0.604. The van der Waals surface area contributed by atoms with Gasteiger partial charge in [0, 0.05) is 13.7 Å². The highest BCUT2D eigenvalue weighted by Crippen LogP contribution is 2.28. The second-order valence-electron chi connectivity index (χ2n) is 3.68. The van der Waals surface area contributed by atoms with E-state index in [2.05, 4.69) is 5.32 Å². The lowest BCUT2D eigenvalue weighted by atomic mass is 10.2. The molecule has 0 aromatic heterocycles. The molecule has 1 aromatic rings. The second kappa shape index (κ2) is 8.60. The molecule has 5 nitrogen and oxygen atoms in total. The smallest absolute Gasteiger partial charge is 0.144 e. The highest BCUT2D eigenvalue weighted by molar-refractivity contribution is 5.72. The monoisotopic (exact) mass is 254 g/mol. The van der Waals surface area contributed by atoms with E-state index in [1.165, 1.54) is 0 Å². The molecule has 0 radical (unpaired) electrons. The van der Waals surface area contributed by atoms with Gasteiger partial charge in [0.15, 0.2) is 0 Å². The van der Waals surface area contributed by atoms with E-state index in [9.17, 15) is 0 Å². The number of rotatable bonds is 9. The predicted molar refractivity (Wildman–Crippen MR) is 73.2 cm³/mol. The molecule has 0 atom stereocenters. The second-order valence-corrected chi connectivity index (χ2v) is 3.68. The molecule has 1 rings (SSSR count). The van der Waals surface area contributed by atoms with Crippen molar-refractivity contribution in [3.8, 4) is 5.75 Å². The van der Waals surface area contributed by atoms with Crippen LogP contribution in [0.15, 0.2) is 18.2 Å². The van der Waals surface area contributed by atoms with Crippen molar-refractivity contribution in [3.63, 3.8) is 0 Å². The van der Waals surface area contributed by atoms with Crippen molar-refractivity contribution in [2.45, 2.75) is 6.92 Å². The van der Waals surface area contributed by atoms with Crippen molar-refractivity contribution in [3.05, 3.63) is 18.2 Å². The third kappa shape index (κ3) is 4.81. The maximum Gasteiger partial charge on any atom is 0.144 e. The molecule has 0 aliphatic rings. The van der Waals surface area contributed by atoms with Gasteiger partial charge in [-0.15, -0.1) is 0 Å². The van der Waals surface area contributed by atoms with Crippen LogP contribution in [0.25, 0.3) is 0 Å². The van der Waals surface area contributed by atoms with Crippen molar-refractivity contribution in [2.75, 3.05) is 51.1 Å². The van der Waals surface area contributed by atoms with Crippen LogP contribution in [0.1, 0.15) is 6.92 Å². The van der Waals surface area contributed by atoms with E-state index in [1.807, 2.05) is 25.1 Å². The molecule has 1 aromatic carbocycles. The van der Waals surface area contributed by atoms with Gasteiger partial charge in [-0.1, -0.05) is 6.07 Å². The summed E-state index contributed by atoms with van der Waals surface area (Å²) in [6.45, 7) is 5.07. The topological polar surface area (TPSA) is 65.7 Å². The van der Waals surface area contributed by atoms with Crippen molar-refractivity contribution in [1.29, 1.82) is 0 Å². The minimum Gasteiger partial charge on any atom is -0.492 e. The molecule has 0 aliphatic heterocycles. The SMILES string of the molecule is CCOc1cccc(NCCOCCOC)c1N. The first kappa shape index (κ1) is 14.6. The number of benzene rings is 1. The number of nitrogens with two attached hydrogens (primary N) is 1. The lowest BCUT2D eigenvalue weighted by Gasteiger charge is -2.13. The molecule has 0 heterocycles. The van der Waals surface area contributed by atoms with Crippen molar-refractivity contribution in [2.24, 2.45) is 0 Å². The zero-order valence-corrected chi connectivity index (χ0v) is 11.1. The number of anilines is 2. The van der Waals surface area contributed by atoms with Gasteiger partial charge in [0.1, 0.15) is 5.75 Å². The van der Waals surface area contributed by atoms with E-state index >= 15 is 0 Å². The molecule has 3 N–H and O–H groups in total. The number of ether oxygens (including phenoxy) is 3. The molecule has 0 fully saturated rings. The summed E-state index contributed by atoms with van der Waals surface area (Å²) in [6, 6.07) is 5.70. The Morgan fingerprint density at radius 3 is 2.78 bits per heavy atom. The first-order valence-electron chi connectivity index (χ1n) is 6.11. The molecule has 0 unspecified atom stereocenters. The van der Waals surface area contributed by atoms with Gasteiger partial charge in [0.2, 0.25) is 0 Å². The van der Waals surface area contributed by atoms with E-state index < -0.39 is 0 Å². The van der Waals surface area contributed by atoms with Gasteiger partial charge in [0.25, 0.3) is 0 Å². The van der Waals surface area contributed by atoms with Crippen LogP contribution in [-0.4, -0.2) is 40.1 Å². The van der Waals surface area contributed by atoms with Crippen LogP contribution in [0.4, 0.5) is 11.4 Å². The van der Waals surface area contributed by atoms with Crippen LogP contribution in [0.5, 0.6) is 5.75 Å². The Bertz CT molecular complexity index is 345. The first-order valence-corrected chi connectivity index (χ1v) is 6.11. The normalized spacial score (nSPS) is 10.3. The van der Waals surface area contributed by atoms with E-state index in [1.54, 1.807) is 7.11 Å². The molecular formula is C13H22N2O3. The van der Waals surface area contributed by atoms with E-state index in [4.69, 9.17) is 19.9 Å². The Morgan fingerprint density at radius 2 is 2.06 bits per heavy atom. The Hall–Kier alpha value is -1.46. The number of hydrogen-bond acceptors (Lipinski definition) is 5. The Kier molecular flexibility index (Phi) is 6.98. The molecular weight excluding hydrogens is 232 g/mol. The molecule has 0 amide bonds. The van der Waals surface area contributed by atoms with Crippen molar-refractivity contribution in [1.82, 2.24) is 0 Å². The molecule has 0 aliphatic carbocycles. The molecule has 0 saturated carbocycles. The lowest BCUT2D eigenvalue weighted by molar-refractivity contribution is 0.0759. The molecule has 102 valence electrons. The van der Waals surface area contributed by atoms with Gasteiger partial charge in [-0.2, -0.15) is 0 Å². The summed E-state index contributed by atoms with van der Waals surface area (Å²) >= 11 is 0. The number of nitrogens with one attached hydrogen (secondary N) is 1. The summed E-state index contributed by atoms with van der Waals surface area (Å²) in [5.74, 6) is 0.711. The zero-order chi connectivity index (χ0) is 13.2. The average Bonchev–Trinajstić information content (AvgIpc) is 2.38. The molecule has 18 heavy (non-hydrogen) atoms. The summed E-state index contributed by atoms with van der Waals surface area (Å²) in [5.41, 5.74) is 7.49. The molecule has 5 heteroatoms. The van der Waals surface area contributed by atoms with Crippen LogP contribution >= 0.6 is 0 Å². The maximum atomic E-state index is 5.98. The fourth-order valence-electron chi connectivity index (χ4n) is 1.48. The number of methoxy groups -OCH3 is 1. The highest BCUT2D eigenvalue weighted by atomic mass is 16.5. The number of hydrogen-bond donors (Lipinski definition) is 2. The first-order chi connectivity index (χ1) is 8.79. The van der Waals surface area contributed by atoms with Gasteiger partial charge in [-0.3, -0.25) is 0 Å². The summed E-state index contributed by atoms with van der Waals surface area (Å²) in [7, 11) is 1.65. The summed E-state index contributed by atoms with van der Waals surface area (Å²) in [5, 5.41) is 3.22. The largest absolute Gasteiger partial charge is 0.492 e. The Balaban J connectivity index is 2.35. The van der Waals surface area contributed by atoms with Gasteiger partial charge < -0.3 is 25.3 Å². The van der Waals surface area contributed by atoms with Crippen LogP contribution in [0.3, 0.4) is 0 Å². The average molecular weight is 254 g/mol. The van der Waals surface area contributed by atoms with Crippen LogP contribution in [0.2, 0.25) is 0 Å².